The van der Waals surface area contributed by atoms with Gasteiger partial charge in [-0.2, -0.15) is 0 Å². The molecule has 3 N–H and O–H groups in total. The summed E-state index contributed by atoms with van der Waals surface area (Å²) in [4.78, 5) is 12.0. The van der Waals surface area contributed by atoms with Gasteiger partial charge in [-0.3, -0.25) is 4.79 Å². The fourth-order valence-corrected chi connectivity index (χ4v) is 4.27. The normalized spacial score (nSPS) is 26.3. The van der Waals surface area contributed by atoms with Crippen LogP contribution in [0.1, 0.15) is 80.1 Å². The van der Waals surface area contributed by atoms with Crippen LogP contribution in [0.4, 0.5) is 0 Å². The van der Waals surface area contributed by atoms with Crippen LogP contribution in [0.3, 0.4) is 0 Å². The smallest absolute Gasteiger partial charge is 0.313 e. The van der Waals surface area contributed by atoms with Crippen LogP contribution in [0.15, 0.2) is 84.9 Å². The zero-order valence-corrected chi connectivity index (χ0v) is 21.0. The van der Waals surface area contributed by atoms with Crippen LogP contribution in [-0.2, 0) is 15.8 Å². The molecule has 0 bridgehead atoms. The van der Waals surface area contributed by atoms with Crippen molar-refractivity contribution in [3.8, 4) is 0 Å². The monoisotopic (exact) mass is 510 g/mol. The average molecular weight is 511 g/mol. The number of hydrogen-bond acceptors (Lipinski definition) is 4. The minimum Gasteiger partial charge on any atom is -0.481 e. The lowest BCUT2D eigenvalue weighted by Gasteiger charge is -2.42. The van der Waals surface area contributed by atoms with E-state index in [2.05, 4.69) is 0 Å². The zero-order chi connectivity index (χ0) is 34.6. The summed E-state index contributed by atoms with van der Waals surface area (Å²) in [5, 5.41) is 32.7. The van der Waals surface area contributed by atoms with Gasteiger partial charge < -0.3 is 20.2 Å². The van der Waals surface area contributed by atoms with Crippen molar-refractivity contribution >= 4 is 5.97 Å². The molecule has 196 valence electrons. The van der Waals surface area contributed by atoms with Gasteiger partial charge in [-0.1, -0.05) is 84.9 Å². The third-order valence-corrected chi connectivity index (χ3v) is 6.79. The summed E-state index contributed by atoms with van der Waals surface area (Å²) >= 11 is 0. The number of carboxylic acid groups (broad SMARTS) is 1. The van der Waals surface area contributed by atoms with Crippen LogP contribution in [0.5, 0.6) is 0 Å². The van der Waals surface area contributed by atoms with E-state index in [1.807, 2.05) is 0 Å². The maximum absolute atomic E-state index is 12.4. The first kappa shape index (κ1) is 17.5. The van der Waals surface area contributed by atoms with Crippen molar-refractivity contribution in [1.82, 2.24) is 4.90 Å². The van der Waals surface area contributed by atoms with E-state index in [-0.39, 0.29) is 24.0 Å². The average Bonchev–Trinajstić information content (AvgIpc) is 3.01. The lowest BCUT2D eigenvalue weighted by Crippen LogP contribution is -2.44. The molecule has 0 saturated carbocycles. The van der Waals surface area contributed by atoms with Crippen LogP contribution < -0.4 is 0 Å². The highest BCUT2D eigenvalue weighted by Crippen LogP contribution is 2.42. The molecule has 5 nitrogen and oxygen atoms in total. The Morgan fingerprint density at radius 3 is 1.95 bits per heavy atom. The molecular weight excluding hydrogens is 462 g/mol. The Bertz CT molecular complexity index is 1470. The molecule has 0 radical (unpaired) electrons. The number of hydrogen-bond donors (Lipinski definition) is 3. The third-order valence-electron chi connectivity index (χ3n) is 6.79. The van der Waals surface area contributed by atoms with Gasteiger partial charge in [0.05, 0.1) is 11.5 Å². The first-order valence-corrected chi connectivity index (χ1v) is 12.3. The number of aliphatic hydroxyl groups is 2. The van der Waals surface area contributed by atoms with Crippen molar-refractivity contribution < 1.29 is 32.5 Å². The quantitative estimate of drug-likeness (QED) is 0.335. The molecule has 0 amide bonds. The van der Waals surface area contributed by atoms with E-state index in [0.29, 0.717) is 16.0 Å². The first-order chi connectivity index (χ1) is 21.1. The second-order valence-corrected chi connectivity index (χ2v) is 9.65. The fourth-order valence-electron chi connectivity index (χ4n) is 4.27. The number of benzene rings is 3. The number of aliphatic hydroxyl groups excluding tert-OH is 1. The molecule has 0 spiro atoms. The van der Waals surface area contributed by atoms with Gasteiger partial charge in [0.15, 0.2) is 0 Å². The van der Waals surface area contributed by atoms with E-state index in [1.54, 1.807) is 50.2 Å². The highest BCUT2D eigenvalue weighted by atomic mass is 16.4. The molecule has 37 heavy (non-hydrogen) atoms. The second-order valence-electron chi connectivity index (χ2n) is 9.65. The predicted octanol–water partition coefficient (Wildman–Crippen LogP) is 5.51. The molecule has 3 aromatic carbocycles. The van der Waals surface area contributed by atoms with Gasteiger partial charge in [0.25, 0.3) is 0 Å². The summed E-state index contributed by atoms with van der Waals surface area (Å²) in [6, 6.07) is 20.9. The largest absolute Gasteiger partial charge is 0.481 e. The van der Waals surface area contributed by atoms with E-state index in [0.717, 1.165) is 0 Å². The Kier molecular flexibility index (Phi) is 5.49. The molecule has 3 aromatic rings. The summed E-state index contributed by atoms with van der Waals surface area (Å²) in [7, 11) is 0. The first-order valence-electron chi connectivity index (χ1n) is 16.8. The van der Waals surface area contributed by atoms with Crippen molar-refractivity contribution in [1.29, 1.82) is 0 Å². The molecule has 5 heteroatoms. The standard InChI is InChI=1S/C32H39NO4/c1-31(2,30(35)36)25-17-15-24(16-18-25)29(34)14-9-21-33-22-19-28(20-23-33)32(37,26-10-5-3-6-11-26)27-12-7-4-8-13-27/h3-8,10-13,15-18,28-29,34,37H,9,14,19-23H2,1-2H3,(H,35,36)/i19D2,20D2,22D2,23D2,28D. The summed E-state index contributed by atoms with van der Waals surface area (Å²) in [5.74, 6) is -4.50. The van der Waals surface area contributed by atoms with Gasteiger partial charge >= 0.3 is 5.97 Å². The van der Waals surface area contributed by atoms with Crippen molar-refractivity contribution in [2.45, 2.75) is 56.6 Å². The molecule has 1 fully saturated rings. The molecule has 1 aliphatic rings. The number of carbonyl (C=O) groups is 1. The van der Waals surface area contributed by atoms with Crippen LogP contribution in [-0.4, -0.2) is 45.7 Å². The second kappa shape index (κ2) is 11.6. The number of nitrogens with zero attached hydrogens (tertiary/aromatic N) is 1. The van der Waals surface area contributed by atoms with E-state index in [9.17, 15) is 21.5 Å². The molecule has 1 aliphatic heterocycles. The summed E-state index contributed by atoms with van der Waals surface area (Å²) in [5.41, 5.74) is -3.28. The minimum atomic E-state index is -3.53. The van der Waals surface area contributed by atoms with Gasteiger partial charge in [0.2, 0.25) is 0 Å². The van der Waals surface area contributed by atoms with Crippen molar-refractivity contribution in [3.05, 3.63) is 107 Å². The van der Waals surface area contributed by atoms with Gasteiger partial charge in [-0.05, 0) is 87.1 Å². The van der Waals surface area contributed by atoms with E-state index >= 15 is 0 Å². The maximum atomic E-state index is 12.4. The van der Waals surface area contributed by atoms with Crippen LogP contribution in [0, 0.1) is 5.89 Å². The summed E-state index contributed by atoms with van der Waals surface area (Å²) in [6.45, 7) is -4.09. The Hall–Kier alpha value is -2.99. The number of carboxylic acids is 1. The summed E-state index contributed by atoms with van der Waals surface area (Å²) < 4.78 is 81.4. The minimum absolute atomic E-state index is 0.0414. The topological polar surface area (TPSA) is 81.0 Å². The van der Waals surface area contributed by atoms with Crippen molar-refractivity contribution in [2.75, 3.05) is 19.5 Å². The molecule has 1 atom stereocenters. The van der Waals surface area contributed by atoms with Crippen molar-refractivity contribution in [3.63, 3.8) is 0 Å². The van der Waals surface area contributed by atoms with E-state index in [1.165, 1.54) is 48.5 Å². The molecule has 4 rings (SSSR count). The SMILES string of the molecule is [2H]C1([2H])N(CCCC(O)c2ccc(C(C)(C)C(=O)O)cc2)C([2H])([2H])C([2H])([2H])C([2H])(C(O)(c2ccccc2)c2ccccc2)C1([2H])[2H]. The third kappa shape index (κ3) is 5.96. The number of aliphatic carboxylic acids is 1. The summed E-state index contributed by atoms with van der Waals surface area (Å²) in [6.07, 6.45) is -8.31. The molecule has 0 aromatic heterocycles. The predicted molar refractivity (Wildman–Crippen MR) is 146 cm³/mol. The van der Waals surface area contributed by atoms with E-state index < -0.39 is 61.3 Å². The molecule has 0 aliphatic carbocycles. The van der Waals surface area contributed by atoms with Crippen LogP contribution >= 0.6 is 0 Å². The number of rotatable bonds is 10. The molecule has 1 heterocycles. The number of piperidine rings is 1. The molecular formula is C32H39NO4. The van der Waals surface area contributed by atoms with Crippen molar-refractivity contribution in [2.24, 2.45) is 5.89 Å². The molecule has 1 unspecified atom stereocenters. The molecule has 1 saturated heterocycles. The van der Waals surface area contributed by atoms with Gasteiger partial charge in [0, 0.05) is 12.3 Å². The van der Waals surface area contributed by atoms with Gasteiger partial charge in [-0.25, -0.2) is 0 Å². The highest BCUT2D eigenvalue weighted by molar-refractivity contribution is 5.80. The maximum Gasteiger partial charge on any atom is 0.313 e. The Labute approximate surface area is 233 Å². The lowest BCUT2D eigenvalue weighted by atomic mass is 9.72. The highest BCUT2D eigenvalue weighted by Gasteiger charge is 2.41. The van der Waals surface area contributed by atoms with Crippen LogP contribution in [0.25, 0.3) is 0 Å². The zero-order valence-electron chi connectivity index (χ0n) is 30.0. The van der Waals surface area contributed by atoms with E-state index in [4.69, 9.17) is 11.0 Å². The Morgan fingerprint density at radius 2 is 1.46 bits per heavy atom. The van der Waals surface area contributed by atoms with Gasteiger partial charge in [-0.15, -0.1) is 0 Å². The number of likely N-dealkylation sites (tertiary alicyclic amines) is 1. The van der Waals surface area contributed by atoms with Gasteiger partial charge in [0.1, 0.15) is 5.60 Å². The Balaban J connectivity index is 1.70. The lowest BCUT2D eigenvalue weighted by molar-refractivity contribution is -0.142. The fraction of sp³-hybridized carbons (Fsp3) is 0.406. The Morgan fingerprint density at radius 1 is 0.946 bits per heavy atom. The van der Waals surface area contributed by atoms with Crippen LogP contribution in [0.2, 0.25) is 0 Å².